The molecular formula is C14H22ClN3S. The monoisotopic (exact) mass is 299 g/mol. The van der Waals surface area contributed by atoms with Gasteiger partial charge in [-0.1, -0.05) is 37.7 Å². The molecule has 3 N–H and O–H groups in total. The van der Waals surface area contributed by atoms with Gasteiger partial charge in [0.2, 0.25) is 0 Å². The lowest BCUT2D eigenvalue weighted by Crippen LogP contribution is -2.37. The molecule has 0 spiro atoms. The van der Waals surface area contributed by atoms with Gasteiger partial charge < -0.3 is 16.0 Å². The van der Waals surface area contributed by atoms with Gasteiger partial charge in [0.15, 0.2) is 0 Å². The Morgan fingerprint density at radius 1 is 1.42 bits per heavy atom. The molecule has 0 aliphatic heterocycles. The van der Waals surface area contributed by atoms with Gasteiger partial charge in [-0.15, -0.1) is 0 Å². The molecule has 5 heteroatoms. The second-order valence-electron chi connectivity index (χ2n) is 5.31. The maximum Gasteiger partial charge on any atom is 0.106 e. The maximum absolute atomic E-state index is 5.99. The molecule has 1 unspecified atom stereocenters. The summed E-state index contributed by atoms with van der Waals surface area (Å²) in [5.41, 5.74) is 7.50. The van der Waals surface area contributed by atoms with Gasteiger partial charge in [-0.05, 0) is 38.2 Å². The lowest BCUT2D eigenvalue weighted by Gasteiger charge is -2.27. The molecule has 1 aromatic carbocycles. The Labute approximate surface area is 126 Å². The van der Waals surface area contributed by atoms with Crippen molar-refractivity contribution in [1.29, 1.82) is 0 Å². The third kappa shape index (κ3) is 4.97. The number of benzene rings is 1. The summed E-state index contributed by atoms with van der Waals surface area (Å²) >= 11 is 11.1. The number of thiocarbonyl (C=S) groups is 1. The van der Waals surface area contributed by atoms with Crippen molar-refractivity contribution in [3.63, 3.8) is 0 Å². The zero-order valence-corrected chi connectivity index (χ0v) is 13.5. The smallest absolute Gasteiger partial charge is 0.106 e. The van der Waals surface area contributed by atoms with E-state index in [-0.39, 0.29) is 0 Å². The number of nitrogens with two attached hydrogens (primary N) is 1. The Kier molecular flexibility index (Phi) is 6.04. The molecule has 19 heavy (non-hydrogen) atoms. The highest BCUT2D eigenvalue weighted by atomic mass is 35.5. The minimum atomic E-state index is 0.323. The number of nitrogens with zero attached hydrogens (tertiary/aromatic N) is 1. The predicted molar refractivity (Wildman–Crippen MR) is 88.1 cm³/mol. The molecule has 0 aliphatic carbocycles. The summed E-state index contributed by atoms with van der Waals surface area (Å²) in [6.07, 6.45) is 0. The van der Waals surface area contributed by atoms with Crippen LogP contribution in [0.15, 0.2) is 18.2 Å². The summed E-state index contributed by atoms with van der Waals surface area (Å²) < 4.78 is 0. The van der Waals surface area contributed by atoms with Crippen molar-refractivity contribution in [1.82, 2.24) is 4.90 Å². The second-order valence-corrected chi connectivity index (χ2v) is 6.19. The Hall–Kier alpha value is -0.840. The first-order chi connectivity index (χ1) is 8.81. The second kappa shape index (κ2) is 7.08. The standard InChI is InChI=1S/C14H22ClN3S/c1-9(2)13(8-18(3)4)17-12-6-5-10(15)7-11(12)14(16)19/h5-7,9,13,17H,8H2,1-4H3,(H2,16,19). The zero-order chi connectivity index (χ0) is 14.6. The molecule has 0 aromatic heterocycles. The van der Waals surface area contributed by atoms with Gasteiger partial charge in [-0.2, -0.15) is 0 Å². The molecule has 0 bridgehead atoms. The van der Waals surface area contributed by atoms with Gasteiger partial charge in [0.25, 0.3) is 0 Å². The first kappa shape index (κ1) is 16.2. The summed E-state index contributed by atoms with van der Waals surface area (Å²) in [6.45, 7) is 5.33. The van der Waals surface area contributed by atoms with Crippen molar-refractivity contribution >= 4 is 34.5 Å². The van der Waals surface area contributed by atoms with Crippen LogP contribution in [0.25, 0.3) is 0 Å². The van der Waals surface area contributed by atoms with Gasteiger partial charge in [-0.3, -0.25) is 0 Å². The fourth-order valence-corrected chi connectivity index (χ4v) is 2.20. The number of hydrogen-bond acceptors (Lipinski definition) is 3. The zero-order valence-electron chi connectivity index (χ0n) is 11.9. The van der Waals surface area contributed by atoms with Crippen molar-refractivity contribution < 1.29 is 0 Å². The van der Waals surface area contributed by atoms with E-state index in [4.69, 9.17) is 29.6 Å². The van der Waals surface area contributed by atoms with Crippen molar-refractivity contribution in [3.8, 4) is 0 Å². The van der Waals surface area contributed by atoms with Crippen LogP contribution >= 0.6 is 23.8 Å². The lowest BCUT2D eigenvalue weighted by molar-refractivity contribution is 0.344. The molecule has 0 radical (unpaired) electrons. The number of halogens is 1. The van der Waals surface area contributed by atoms with Crippen molar-refractivity contribution in [3.05, 3.63) is 28.8 Å². The fourth-order valence-electron chi connectivity index (χ4n) is 1.86. The van der Waals surface area contributed by atoms with E-state index in [0.29, 0.717) is 22.0 Å². The summed E-state index contributed by atoms with van der Waals surface area (Å²) in [5.74, 6) is 0.497. The number of rotatable bonds is 6. The van der Waals surface area contributed by atoms with E-state index in [2.05, 4.69) is 38.2 Å². The first-order valence-corrected chi connectivity index (χ1v) is 7.10. The van der Waals surface area contributed by atoms with Crippen LogP contribution in [0.1, 0.15) is 19.4 Å². The molecule has 0 saturated carbocycles. The highest BCUT2D eigenvalue weighted by Gasteiger charge is 2.16. The van der Waals surface area contributed by atoms with Gasteiger partial charge in [0, 0.05) is 28.9 Å². The van der Waals surface area contributed by atoms with Crippen LogP contribution in [0.4, 0.5) is 5.69 Å². The molecule has 1 aromatic rings. The first-order valence-electron chi connectivity index (χ1n) is 6.32. The maximum atomic E-state index is 5.99. The van der Waals surface area contributed by atoms with Gasteiger partial charge in [0.1, 0.15) is 4.99 Å². The van der Waals surface area contributed by atoms with Gasteiger partial charge in [0.05, 0.1) is 0 Å². The highest BCUT2D eigenvalue weighted by Crippen LogP contribution is 2.22. The Bertz CT molecular complexity index is 446. The number of hydrogen-bond donors (Lipinski definition) is 2. The fraction of sp³-hybridized carbons (Fsp3) is 0.500. The average Bonchev–Trinajstić information content (AvgIpc) is 2.29. The molecule has 0 heterocycles. The molecule has 0 fully saturated rings. The number of anilines is 1. The Balaban J connectivity index is 2.99. The van der Waals surface area contributed by atoms with E-state index in [0.717, 1.165) is 17.8 Å². The molecule has 1 rings (SSSR count). The lowest BCUT2D eigenvalue weighted by atomic mass is 10.0. The largest absolute Gasteiger partial charge is 0.389 e. The normalized spacial score (nSPS) is 12.8. The van der Waals surface area contributed by atoms with Crippen molar-refractivity contribution in [2.75, 3.05) is 26.0 Å². The summed E-state index contributed by atoms with van der Waals surface area (Å²) in [7, 11) is 4.13. The minimum absolute atomic E-state index is 0.323. The van der Waals surface area contributed by atoms with Crippen LogP contribution in [-0.4, -0.2) is 36.6 Å². The number of likely N-dealkylation sites (N-methyl/N-ethyl adjacent to an activating group) is 1. The molecule has 0 aliphatic rings. The highest BCUT2D eigenvalue weighted by molar-refractivity contribution is 7.80. The van der Waals surface area contributed by atoms with E-state index in [9.17, 15) is 0 Å². The third-order valence-corrected chi connectivity index (χ3v) is 3.41. The van der Waals surface area contributed by atoms with E-state index in [1.807, 2.05) is 12.1 Å². The van der Waals surface area contributed by atoms with Crippen LogP contribution in [-0.2, 0) is 0 Å². The molecule has 0 amide bonds. The quantitative estimate of drug-likeness (QED) is 0.793. The average molecular weight is 300 g/mol. The van der Waals surface area contributed by atoms with Crippen LogP contribution in [0.2, 0.25) is 5.02 Å². The number of nitrogens with one attached hydrogen (secondary N) is 1. The van der Waals surface area contributed by atoms with Crippen LogP contribution < -0.4 is 11.1 Å². The summed E-state index contributed by atoms with van der Waals surface area (Å²) in [4.78, 5) is 2.52. The van der Waals surface area contributed by atoms with Crippen LogP contribution in [0, 0.1) is 5.92 Å². The molecule has 0 saturated heterocycles. The topological polar surface area (TPSA) is 41.3 Å². The van der Waals surface area contributed by atoms with Gasteiger partial charge >= 0.3 is 0 Å². The SMILES string of the molecule is CC(C)C(CN(C)C)Nc1ccc(Cl)cc1C(N)=S. The van der Waals surface area contributed by atoms with E-state index >= 15 is 0 Å². The molecule has 1 atom stereocenters. The predicted octanol–water partition coefficient (Wildman–Crippen LogP) is 2.97. The summed E-state index contributed by atoms with van der Waals surface area (Å²) in [5, 5.41) is 4.16. The van der Waals surface area contributed by atoms with E-state index < -0.39 is 0 Å². The van der Waals surface area contributed by atoms with Gasteiger partial charge in [-0.25, -0.2) is 0 Å². The van der Waals surface area contributed by atoms with Crippen LogP contribution in [0.3, 0.4) is 0 Å². The van der Waals surface area contributed by atoms with Crippen molar-refractivity contribution in [2.45, 2.75) is 19.9 Å². The Morgan fingerprint density at radius 3 is 2.53 bits per heavy atom. The summed E-state index contributed by atoms with van der Waals surface area (Å²) in [6, 6.07) is 5.91. The Morgan fingerprint density at radius 2 is 2.05 bits per heavy atom. The molecular weight excluding hydrogens is 278 g/mol. The molecule has 106 valence electrons. The van der Waals surface area contributed by atoms with E-state index in [1.165, 1.54) is 0 Å². The van der Waals surface area contributed by atoms with Crippen molar-refractivity contribution in [2.24, 2.45) is 11.7 Å². The molecule has 3 nitrogen and oxygen atoms in total. The van der Waals surface area contributed by atoms with E-state index in [1.54, 1.807) is 6.07 Å². The van der Waals surface area contributed by atoms with Crippen LogP contribution in [0.5, 0.6) is 0 Å². The minimum Gasteiger partial charge on any atom is -0.389 e. The third-order valence-electron chi connectivity index (χ3n) is 2.95.